The third-order valence-electron chi connectivity index (χ3n) is 4.11. The van der Waals surface area contributed by atoms with E-state index in [4.69, 9.17) is 9.47 Å². The molecule has 0 aliphatic carbocycles. The van der Waals surface area contributed by atoms with E-state index in [1.54, 1.807) is 0 Å². The van der Waals surface area contributed by atoms with Gasteiger partial charge in [-0.25, -0.2) is 0 Å². The van der Waals surface area contributed by atoms with Crippen molar-refractivity contribution in [1.82, 2.24) is 0 Å². The Morgan fingerprint density at radius 2 is 1.78 bits per heavy atom. The van der Waals surface area contributed by atoms with Gasteiger partial charge in [-0.3, -0.25) is 4.21 Å². The molecule has 0 aromatic heterocycles. The average Bonchev–Trinajstić information content (AvgIpc) is 2.98. The Labute approximate surface area is 168 Å². The minimum absolute atomic E-state index is 0. The summed E-state index contributed by atoms with van der Waals surface area (Å²) in [5.74, 6) is 2.45. The molecule has 127 valence electrons. The van der Waals surface area contributed by atoms with Crippen molar-refractivity contribution in [2.45, 2.75) is 64.0 Å². The number of unbranched alkanes of at least 4 members (excludes halogenated alkanes) is 5. The van der Waals surface area contributed by atoms with Crippen LogP contribution < -0.4 is 9.47 Å². The van der Waals surface area contributed by atoms with Crippen LogP contribution in [0.1, 0.15) is 57.9 Å². The van der Waals surface area contributed by atoms with Crippen molar-refractivity contribution in [2.75, 3.05) is 12.5 Å². The van der Waals surface area contributed by atoms with Crippen LogP contribution >= 0.6 is 0 Å². The summed E-state index contributed by atoms with van der Waals surface area (Å²) < 4.78 is 23.0. The van der Waals surface area contributed by atoms with E-state index in [2.05, 4.69) is 13.8 Å². The van der Waals surface area contributed by atoms with Crippen LogP contribution in [0.15, 0.2) is 18.2 Å². The molecule has 23 heavy (non-hydrogen) atoms. The predicted octanol–water partition coefficient (Wildman–Crippen LogP) is 4.45. The maximum atomic E-state index is 12.3. The number of fused-ring (bicyclic) bond motifs is 1. The average molecular weight is 413 g/mol. The van der Waals surface area contributed by atoms with Gasteiger partial charge in [0.15, 0.2) is 11.5 Å². The van der Waals surface area contributed by atoms with Gasteiger partial charge in [-0.05, 0) is 30.5 Å². The van der Waals surface area contributed by atoms with Gasteiger partial charge in [-0.15, -0.1) is 0 Å². The SMILES string of the molecule is CCCCCCCCS(=O)C(C)Cc1ccc2c(c1)OCO2.[Y]. The normalized spacial score (nSPS) is 15.0. The first kappa shape index (κ1) is 21.1. The standard InChI is InChI=1S/C18H28O3S.Y/c1-3-4-5-6-7-8-11-22(19)15(2)12-16-9-10-17-18(13-16)21-14-20-17;/h9-10,13,15H,3-8,11-12,14H2,1-2H3;. The monoisotopic (exact) mass is 413 g/mol. The van der Waals surface area contributed by atoms with Gasteiger partial charge in [-0.1, -0.05) is 52.0 Å². The van der Waals surface area contributed by atoms with E-state index < -0.39 is 10.8 Å². The molecule has 0 saturated carbocycles. The van der Waals surface area contributed by atoms with Crippen molar-refractivity contribution in [2.24, 2.45) is 0 Å². The van der Waals surface area contributed by atoms with Crippen LogP contribution in [0.5, 0.6) is 11.5 Å². The Bertz CT molecular complexity index is 493. The van der Waals surface area contributed by atoms with Crippen molar-refractivity contribution in [3.05, 3.63) is 23.8 Å². The molecule has 0 fully saturated rings. The minimum atomic E-state index is -0.743. The topological polar surface area (TPSA) is 35.5 Å². The molecule has 3 nitrogen and oxygen atoms in total. The fourth-order valence-corrected chi connectivity index (χ4v) is 3.99. The van der Waals surface area contributed by atoms with Crippen molar-refractivity contribution in [3.8, 4) is 11.5 Å². The quantitative estimate of drug-likeness (QED) is 0.532. The molecule has 2 rings (SSSR count). The van der Waals surface area contributed by atoms with Gasteiger partial charge < -0.3 is 9.47 Å². The minimum Gasteiger partial charge on any atom is -0.454 e. The Balaban J connectivity index is 0.00000264. The fraction of sp³-hybridized carbons (Fsp3) is 0.667. The molecule has 2 unspecified atom stereocenters. The number of hydrogen-bond donors (Lipinski definition) is 0. The molecule has 1 aliphatic rings. The van der Waals surface area contributed by atoms with E-state index >= 15 is 0 Å². The van der Waals surface area contributed by atoms with Gasteiger partial charge in [0.25, 0.3) is 0 Å². The molecule has 1 aliphatic heterocycles. The molecule has 0 spiro atoms. The molecule has 1 radical (unpaired) electrons. The fourth-order valence-electron chi connectivity index (χ4n) is 2.72. The summed E-state index contributed by atoms with van der Waals surface area (Å²) in [5.41, 5.74) is 1.17. The van der Waals surface area contributed by atoms with Gasteiger partial charge in [0, 0.05) is 54.5 Å². The summed E-state index contributed by atoms with van der Waals surface area (Å²) in [6.45, 7) is 4.61. The molecule has 5 heteroatoms. The van der Waals surface area contributed by atoms with Gasteiger partial charge in [0.2, 0.25) is 6.79 Å². The van der Waals surface area contributed by atoms with Crippen LogP contribution in [-0.4, -0.2) is 22.0 Å². The molecular weight excluding hydrogens is 385 g/mol. The van der Waals surface area contributed by atoms with Gasteiger partial charge in [0.1, 0.15) is 0 Å². The van der Waals surface area contributed by atoms with Gasteiger partial charge in [-0.2, -0.15) is 0 Å². The van der Waals surface area contributed by atoms with Crippen LogP contribution in [0, 0.1) is 0 Å². The maximum Gasteiger partial charge on any atom is 0.231 e. The van der Waals surface area contributed by atoms with E-state index in [1.165, 1.54) is 37.7 Å². The summed E-state index contributed by atoms with van der Waals surface area (Å²) in [4.78, 5) is 0. The Morgan fingerprint density at radius 1 is 1.09 bits per heavy atom. The third-order valence-corrected chi connectivity index (χ3v) is 5.86. The summed E-state index contributed by atoms with van der Waals surface area (Å²) in [6.07, 6.45) is 8.32. The van der Waals surface area contributed by atoms with Crippen LogP contribution in [0.25, 0.3) is 0 Å². The molecule has 0 N–H and O–H groups in total. The first-order chi connectivity index (χ1) is 10.7. The molecule has 1 aromatic rings. The molecular formula is C18H28O3SY. The second kappa shape index (κ2) is 11.6. The van der Waals surface area contributed by atoms with Crippen molar-refractivity contribution in [1.29, 1.82) is 0 Å². The van der Waals surface area contributed by atoms with E-state index in [-0.39, 0.29) is 38.0 Å². The van der Waals surface area contributed by atoms with Crippen molar-refractivity contribution < 1.29 is 46.4 Å². The Kier molecular flexibility index (Phi) is 10.6. The zero-order valence-electron chi connectivity index (χ0n) is 14.4. The van der Waals surface area contributed by atoms with Crippen LogP contribution in [0.4, 0.5) is 0 Å². The number of benzene rings is 1. The number of ether oxygens (including phenoxy) is 2. The second-order valence-electron chi connectivity index (χ2n) is 6.05. The van der Waals surface area contributed by atoms with E-state index in [1.807, 2.05) is 18.2 Å². The summed E-state index contributed by atoms with van der Waals surface area (Å²) in [6, 6.07) is 6.01. The number of hydrogen-bond acceptors (Lipinski definition) is 3. The molecule has 0 bridgehead atoms. The molecule has 2 atom stereocenters. The zero-order chi connectivity index (χ0) is 15.8. The molecule has 1 heterocycles. The van der Waals surface area contributed by atoms with Crippen molar-refractivity contribution in [3.63, 3.8) is 0 Å². The Morgan fingerprint density at radius 3 is 2.57 bits per heavy atom. The smallest absolute Gasteiger partial charge is 0.231 e. The third kappa shape index (κ3) is 7.23. The van der Waals surface area contributed by atoms with Gasteiger partial charge in [0.05, 0.1) is 0 Å². The Hall–Kier alpha value is 0.0739. The summed E-state index contributed by atoms with van der Waals surface area (Å²) in [5, 5.41) is 0.191. The molecule has 0 amide bonds. The van der Waals surface area contributed by atoms with Crippen LogP contribution in [-0.2, 0) is 49.9 Å². The van der Waals surface area contributed by atoms with E-state index in [0.717, 1.165) is 30.1 Å². The first-order valence-corrected chi connectivity index (χ1v) is 9.84. The van der Waals surface area contributed by atoms with Crippen LogP contribution in [0.3, 0.4) is 0 Å². The summed E-state index contributed by atoms with van der Waals surface area (Å²) in [7, 11) is -0.743. The van der Waals surface area contributed by atoms with E-state index in [0.29, 0.717) is 6.79 Å². The van der Waals surface area contributed by atoms with E-state index in [9.17, 15) is 4.21 Å². The van der Waals surface area contributed by atoms with Gasteiger partial charge >= 0.3 is 0 Å². The second-order valence-corrected chi connectivity index (χ2v) is 8.03. The number of rotatable bonds is 10. The molecule has 1 aromatic carbocycles. The largest absolute Gasteiger partial charge is 0.454 e. The van der Waals surface area contributed by atoms with Crippen LogP contribution in [0.2, 0.25) is 0 Å². The zero-order valence-corrected chi connectivity index (χ0v) is 18.0. The maximum absolute atomic E-state index is 12.3. The molecule has 0 saturated heterocycles. The first-order valence-electron chi connectivity index (χ1n) is 8.46. The predicted molar refractivity (Wildman–Crippen MR) is 92.1 cm³/mol. The van der Waals surface area contributed by atoms with Crippen molar-refractivity contribution >= 4 is 10.8 Å². The summed E-state index contributed by atoms with van der Waals surface area (Å²) >= 11 is 0.